The summed E-state index contributed by atoms with van der Waals surface area (Å²) in [5.74, 6) is -0.403. The Bertz CT molecular complexity index is 1370. The van der Waals surface area contributed by atoms with Crippen molar-refractivity contribution in [2.45, 2.75) is 19.9 Å². The van der Waals surface area contributed by atoms with E-state index in [-0.39, 0.29) is 26.4 Å². The number of fused-ring (bicyclic) bond motifs is 1. The van der Waals surface area contributed by atoms with Gasteiger partial charge >= 0.3 is 11.9 Å². The molecule has 2 heterocycles. The molecule has 4 rings (SSSR count). The number of ether oxygens (including phenoxy) is 3. The highest BCUT2D eigenvalue weighted by atomic mass is 32.1. The first-order valence-electron chi connectivity index (χ1n) is 11.1. The number of hydrogen-bond acceptors (Lipinski definition) is 8. The van der Waals surface area contributed by atoms with Gasteiger partial charge in [-0.05, 0) is 30.2 Å². The highest BCUT2D eigenvalue weighted by Gasteiger charge is 2.21. The lowest BCUT2D eigenvalue weighted by Crippen LogP contribution is -2.26. The molecule has 0 bridgehead atoms. The Labute approximate surface area is 205 Å². The average Bonchev–Trinajstić information content (AvgIpc) is 3.22. The van der Waals surface area contributed by atoms with E-state index < -0.39 is 17.5 Å². The number of carbonyl (C=O) groups is 2. The van der Waals surface area contributed by atoms with Crippen LogP contribution in [0.25, 0.3) is 10.2 Å². The molecule has 9 heteroatoms. The number of nitrogens with zero attached hydrogens (tertiary/aromatic N) is 2. The zero-order chi connectivity index (χ0) is 24.6. The quantitative estimate of drug-likeness (QED) is 0.245. The van der Waals surface area contributed by atoms with Crippen LogP contribution in [-0.4, -0.2) is 41.3 Å². The van der Waals surface area contributed by atoms with Gasteiger partial charge in [-0.1, -0.05) is 48.5 Å². The van der Waals surface area contributed by atoms with Crippen molar-refractivity contribution in [3.63, 3.8) is 0 Å². The minimum absolute atomic E-state index is 0.0502. The van der Waals surface area contributed by atoms with E-state index in [0.717, 1.165) is 16.9 Å². The number of thiophene rings is 1. The molecule has 0 aliphatic rings. The maximum absolute atomic E-state index is 13.0. The Hall–Kier alpha value is -3.98. The molecule has 0 fully saturated rings. The smallest absolute Gasteiger partial charge is 0.348 e. The number of rotatable bonds is 10. The first-order valence-corrected chi connectivity index (χ1v) is 11.9. The van der Waals surface area contributed by atoms with Crippen molar-refractivity contribution in [2.24, 2.45) is 0 Å². The van der Waals surface area contributed by atoms with Gasteiger partial charge < -0.3 is 14.2 Å². The topological polar surface area (TPSA) is 96.7 Å². The zero-order valence-electron chi connectivity index (χ0n) is 19.1. The summed E-state index contributed by atoms with van der Waals surface area (Å²) in [4.78, 5) is 42.8. The van der Waals surface area contributed by atoms with Crippen LogP contribution in [0.1, 0.15) is 20.8 Å². The van der Waals surface area contributed by atoms with Crippen molar-refractivity contribution in [3.8, 4) is 5.75 Å². The number of benzene rings is 2. The van der Waals surface area contributed by atoms with Gasteiger partial charge in [-0.3, -0.25) is 14.2 Å². The molecule has 180 valence electrons. The van der Waals surface area contributed by atoms with Gasteiger partial charge in [0.15, 0.2) is 0 Å². The van der Waals surface area contributed by atoms with Crippen LogP contribution in [0.15, 0.2) is 71.8 Å². The summed E-state index contributed by atoms with van der Waals surface area (Å²) in [6.07, 6.45) is 1.88. The summed E-state index contributed by atoms with van der Waals surface area (Å²) >= 11 is 1.10. The van der Waals surface area contributed by atoms with Gasteiger partial charge in [-0.15, -0.1) is 11.3 Å². The molecule has 0 saturated carbocycles. The summed E-state index contributed by atoms with van der Waals surface area (Å²) in [5, 5.41) is 0.299. The lowest BCUT2D eigenvalue weighted by molar-refractivity contribution is -0.145. The van der Waals surface area contributed by atoms with Gasteiger partial charge in [0.2, 0.25) is 0 Å². The lowest BCUT2D eigenvalue weighted by Gasteiger charge is -2.08. The Morgan fingerprint density at radius 1 is 0.943 bits per heavy atom. The maximum atomic E-state index is 13.0. The molecule has 0 radical (unpaired) electrons. The number of esters is 2. The minimum Gasteiger partial charge on any atom is -0.490 e. The SMILES string of the molecule is Cc1c(C(=O)OCCc2ccccc2)sc2ncn(CC(=O)OCCOc3ccccc3)c(=O)c12. The molecule has 0 saturated heterocycles. The standard InChI is InChI=1S/C26H24N2O6S/c1-18-22-24(35-23(18)26(31)34-13-12-19-8-4-2-5-9-19)27-17-28(25(22)30)16-21(29)33-15-14-32-20-10-6-3-7-11-20/h2-11,17H,12-16H2,1H3. The highest BCUT2D eigenvalue weighted by molar-refractivity contribution is 7.20. The monoisotopic (exact) mass is 492 g/mol. The van der Waals surface area contributed by atoms with E-state index in [1.54, 1.807) is 19.1 Å². The predicted octanol–water partition coefficient (Wildman–Crippen LogP) is 3.79. The van der Waals surface area contributed by atoms with Crippen molar-refractivity contribution in [2.75, 3.05) is 19.8 Å². The number of aryl methyl sites for hydroxylation is 1. The van der Waals surface area contributed by atoms with Crippen LogP contribution in [0.3, 0.4) is 0 Å². The zero-order valence-corrected chi connectivity index (χ0v) is 20.0. The van der Waals surface area contributed by atoms with Gasteiger partial charge in [0.1, 0.15) is 35.2 Å². The summed E-state index contributed by atoms with van der Waals surface area (Å²) in [7, 11) is 0. The van der Waals surface area contributed by atoms with Crippen LogP contribution < -0.4 is 10.3 Å². The largest absolute Gasteiger partial charge is 0.490 e. The normalized spacial score (nSPS) is 10.8. The lowest BCUT2D eigenvalue weighted by atomic mass is 10.2. The van der Waals surface area contributed by atoms with E-state index in [2.05, 4.69) is 4.98 Å². The molecule has 0 spiro atoms. The van der Waals surface area contributed by atoms with Crippen LogP contribution in [0, 0.1) is 6.92 Å². The van der Waals surface area contributed by atoms with E-state index in [4.69, 9.17) is 14.2 Å². The minimum atomic E-state index is -0.585. The fourth-order valence-electron chi connectivity index (χ4n) is 3.45. The molecule has 2 aromatic carbocycles. The molecule has 0 atom stereocenters. The Morgan fingerprint density at radius 3 is 2.40 bits per heavy atom. The Morgan fingerprint density at radius 2 is 1.66 bits per heavy atom. The first kappa shape index (κ1) is 24.2. The molecular formula is C26H24N2O6S. The number of para-hydroxylation sites is 1. The molecule has 4 aromatic rings. The van der Waals surface area contributed by atoms with Crippen molar-refractivity contribution in [3.05, 3.63) is 93.3 Å². The van der Waals surface area contributed by atoms with Crippen LogP contribution >= 0.6 is 11.3 Å². The molecule has 0 N–H and O–H groups in total. The van der Waals surface area contributed by atoms with E-state index in [9.17, 15) is 14.4 Å². The van der Waals surface area contributed by atoms with E-state index in [0.29, 0.717) is 32.8 Å². The van der Waals surface area contributed by atoms with Gasteiger partial charge in [0.25, 0.3) is 5.56 Å². The van der Waals surface area contributed by atoms with Crippen molar-refractivity contribution in [1.82, 2.24) is 9.55 Å². The van der Waals surface area contributed by atoms with Crippen molar-refractivity contribution >= 4 is 33.5 Å². The van der Waals surface area contributed by atoms with Crippen LogP contribution in [0.2, 0.25) is 0 Å². The fraction of sp³-hybridized carbons (Fsp3) is 0.231. The molecule has 35 heavy (non-hydrogen) atoms. The summed E-state index contributed by atoms with van der Waals surface area (Å²) in [5.41, 5.74) is 1.15. The number of aromatic nitrogens is 2. The third-order valence-corrected chi connectivity index (χ3v) is 6.41. The van der Waals surface area contributed by atoms with Crippen LogP contribution in [0.5, 0.6) is 5.75 Å². The third-order valence-electron chi connectivity index (χ3n) is 5.23. The Kier molecular flexibility index (Phi) is 7.89. The number of carbonyl (C=O) groups excluding carboxylic acids is 2. The maximum Gasteiger partial charge on any atom is 0.348 e. The molecule has 0 aliphatic heterocycles. The van der Waals surface area contributed by atoms with Crippen molar-refractivity contribution in [1.29, 1.82) is 0 Å². The molecule has 0 aliphatic carbocycles. The van der Waals surface area contributed by atoms with Gasteiger partial charge in [0.05, 0.1) is 18.3 Å². The molecule has 0 unspecified atom stereocenters. The molecular weight excluding hydrogens is 468 g/mol. The third kappa shape index (κ3) is 6.13. The summed E-state index contributed by atoms with van der Waals surface area (Å²) in [6.45, 7) is 1.86. The molecule has 0 amide bonds. The second-order valence-corrected chi connectivity index (χ2v) is 8.67. The van der Waals surface area contributed by atoms with Gasteiger partial charge in [-0.25, -0.2) is 9.78 Å². The van der Waals surface area contributed by atoms with Gasteiger partial charge in [0, 0.05) is 6.42 Å². The van der Waals surface area contributed by atoms with E-state index in [1.165, 1.54) is 10.9 Å². The fourth-order valence-corrected chi connectivity index (χ4v) is 4.49. The van der Waals surface area contributed by atoms with Gasteiger partial charge in [-0.2, -0.15) is 0 Å². The van der Waals surface area contributed by atoms with E-state index >= 15 is 0 Å². The second-order valence-electron chi connectivity index (χ2n) is 7.67. The molecule has 8 nitrogen and oxygen atoms in total. The van der Waals surface area contributed by atoms with Crippen LogP contribution in [0.4, 0.5) is 0 Å². The number of hydrogen-bond donors (Lipinski definition) is 0. The average molecular weight is 493 g/mol. The summed E-state index contributed by atoms with van der Waals surface area (Å²) in [6, 6.07) is 18.9. The highest BCUT2D eigenvalue weighted by Crippen LogP contribution is 2.27. The second kappa shape index (κ2) is 11.4. The van der Waals surface area contributed by atoms with E-state index in [1.807, 2.05) is 48.5 Å². The predicted molar refractivity (Wildman–Crippen MR) is 132 cm³/mol. The van der Waals surface area contributed by atoms with Crippen LogP contribution in [-0.2, 0) is 27.2 Å². The summed E-state index contributed by atoms with van der Waals surface area (Å²) < 4.78 is 17.2. The van der Waals surface area contributed by atoms with Crippen molar-refractivity contribution < 1.29 is 23.8 Å². The molecule has 2 aromatic heterocycles. The Balaban J connectivity index is 1.35. The first-order chi connectivity index (χ1) is 17.0.